The van der Waals surface area contributed by atoms with Crippen LogP contribution in [0.1, 0.15) is 5.56 Å². The third kappa shape index (κ3) is 2.63. The maximum atomic E-state index is 12.0. The van der Waals surface area contributed by atoms with Crippen molar-refractivity contribution in [2.75, 3.05) is 0 Å². The minimum atomic E-state index is -2.56. The summed E-state index contributed by atoms with van der Waals surface area (Å²) in [5.41, 5.74) is -0.138. The Labute approximate surface area is 83.4 Å². The first-order valence-electron chi connectivity index (χ1n) is 3.71. The second kappa shape index (κ2) is 4.32. The van der Waals surface area contributed by atoms with Gasteiger partial charge in [-0.25, -0.2) is 8.78 Å². The first-order valence-corrected chi connectivity index (χ1v) is 4.09. The molecule has 14 heavy (non-hydrogen) atoms. The van der Waals surface area contributed by atoms with Gasteiger partial charge in [-0.3, -0.25) is 10.1 Å². The molecule has 0 aliphatic carbocycles. The van der Waals surface area contributed by atoms with Crippen LogP contribution in [0.15, 0.2) is 18.2 Å². The first-order chi connectivity index (χ1) is 6.50. The van der Waals surface area contributed by atoms with Gasteiger partial charge in [0.05, 0.1) is 4.92 Å². The van der Waals surface area contributed by atoms with Gasteiger partial charge in [0.15, 0.2) is 0 Å². The van der Waals surface area contributed by atoms with Crippen LogP contribution in [0.25, 0.3) is 0 Å². The average Bonchev–Trinajstić information content (AvgIpc) is 2.07. The van der Waals surface area contributed by atoms with Crippen molar-refractivity contribution in [1.29, 1.82) is 0 Å². The van der Waals surface area contributed by atoms with Gasteiger partial charge in [-0.1, -0.05) is 11.6 Å². The predicted molar refractivity (Wildman–Crippen MR) is 47.8 cm³/mol. The average molecular weight is 222 g/mol. The number of halogens is 3. The van der Waals surface area contributed by atoms with Crippen LogP contribution in [0.3, 0.4) is 0 Å². The lowest BCUT2D eigenvalue weighted by Crippen LogP contribution is -1.98. The zero-order valence-electron chi connectivity index (χ0n) is 6.91. The second-order valence-corrected chi connectivity index (χ2v) is 3.04. The molecule has 0 saturated heterocycles. The van der Waals surface area contributed by atoms with Crippen molar-refractivity contribution < 1.29 is 13.7 Å². The molecule has 1 aromatic carbocycles. The van der Waals surface area contributed by atoms with Gasteiger partial charge in [-0.05, 0) is 11.6 Å². The van der Waals surface area contributed by atoms with Gasteiger partial charge in [0, 0.05) is 23.6 Å². The minimum absolute atomic E-state index is 0.0934. The fraction of sp³-hybridized carbons (Fsp3) is 0.250. The molecule has 76 valence electrons. The Bertz CT molecular complexity index is 357. The number of nitro benzene ring substituents is 1. The predicted octanol–water partition coefficient (Wildman–Crippen LogP) is 3.06. The summed E-state index contributed by atoms with van der Waals surface area (Å²) in [5, 5.41) is 10.4. The van der Waals surface area contributed by atoms with Gasteiger partial charge in [-0.15, -0.1) is 0 Å². The summed E-state index contributed by atoms with van der Waals surface area (Å²) >= 11 is 5.59. The maximum Gasteiger partial charge on any atom is 0.269 e. The van der Waals surface area contributed by atoms with E-state index < -0.39 is 17.8 Å². The molecule has 3 nitrogen and oxygen atoms in total. The molecule has 0 aliphatic heterocycles. The van der Waals surface area contributed by atoms with Gasteiger partial charge in [0.25, 0.3) is 5.69 Å². The third-order valence-electron chi connectivity index (χ3n) is 1.61. The lowest BCUT2D eigenvalue weighted by molar-refractivity contribution is -0.384. The molecule has 0 radical (unpaired) electrons. The van der Waals surface area contributed by atoms with Crippen LogP contribution in [0.5, 0.6) is 0 Å². The topological polar surface area (TPSA) is 43.1 Å². The van der Waals surface area contributed by atoms with Gasteiger partial charge >= 0.3 is 0 Å². The highest BCUT2D eigenvalue weighted by Crippen LogP contribution is 2.23. The molecule has 0 bridgehead atoms. The number of non-ortho nitro benzene ring substituents is 1. The summed E-state index contributed by atoms with van der Waals surface area (Å²) in [4.78, 5) is 9.68. The molecule has 1 rings (SSSR count). The van der Waals surface area contributed by atoms with Gasteiger partial charge in [-0.2, -0.15) is 0 Å². The van der Waals surface area contributed by atoms with Crippen LogP contribution in [0, 0.1) is 10.1 Å². The number of rotatable bonds is 3. The highest BCUT2D eigenvalue weighted by molar-refractivity contribution is 6.31. The van der Waals surface area contributed by atoms with Crippen molar-refractivity contribution in [1.82, 2.24) is 0 Å². The number of benzene rings is 1. The Morgan fingerprint density at radius 2 is 2.14 bits per heavy atom. The SMILES string of the molecule is O=[N+]([O-])c1ccc(Cl)c(CC(F)F)c1. The standard InChI is InChI=1S/C8H6ClF2NO2/c9-7-2-1-6(12(13)14)3-5(7)4-8(10)11/h1-3,8H,4H2. The van der Waals surface area contributed by atoms with Crippen LogP contribution < -0.4 is 0 Å². The lowest BCUT2D eigenvalue weighted by Gasteiger charge is -2.02. The molecule has 0 N–H and O–H groups in total. The van der Waals surface area contributed by atoms with E-state index in [2.05, 4.69) is 0 Å². The van der Waals surface area contributed by atoms with E-state index in [0.29, 0.717) is 0 Å². The lowest BCUT2D eigenvalue weighted by atomic mass is 10.1. The minimum Gasteiger partial charge on any atom is -0.258 e. The van der Waals surface area contributed by atoms with Crippen LogP contribution >= 0.6 is 11.6 Å². The Morgan fingerprint density at radius 3 is 2.64 bits per heavy atom. The molecular formula is C8H6ClF2NO2. The summed E-state index contributed by atoms with van der Waals surface area (Å²) in [7, 11) is 0. The summed E-state index contributed by atoms with van der Waals surface area (Å²) in [5.74, 6) is 0. The fourth-order valence-electron chi connectivity index (χ4n) is 0.997. The molecule has 0 spiro atoms. The Balaban J connectivity index is 3.02. The van der Waals surface area contributed by atoms with E-state index in [4.69, 9.17) is 11.6 Å². The van der Waals surface area contributed by atoms with E-state index in [1.807, 2.05) is 0 Å². The molecule has 0 heterocycles. The van der Waals surface area contributed by atoms with Crippen molar-refractivity contribution >= 4 is 17.3 Å². The molecule has 0 unspecified atom stereocenters. The second-order valence-electron chi connectivity index (χ2n) is 2.63. The highest BCUT2D eigenvalue weighted by atomic mass is 35.5. The number of nitrogens with zero attached hydrogens (tertiary/aromatic N) is 1. The van der Waals surface area contributed by atoms with Crippen LogP contribution in [-0.2, 0) is 6.42 Å². The molecule has 0 aliphatic rings. The monoisotopic (exact) mass is 221 g/mol. The summed E-state index contributed by atoms with van der Waals surface area (Å²) in [6.45, 7) is 0. The van der Waals surface area contributed by atoms with Crippen molar-refractivity contribution in [2.45, 2.75) is 12.8 Å². The van der Waals surface area contributed by atoms with E-state index in [9.17, 15) is 18.9 Å². The van der Waals surface area contributed by atoms with E-state index in [1.165, 1.54) is 12.1 Å². The third-order valence-corrected chi connectivity index (χ3v) is 1.98. The molecule has 6 heteroatoms. The van der Waals surface area contributed by atoms with Crippen LogP contribution in [0.4, 0.5) is 14.5 Å². The summed E-state index contributed by atoms with van der Waals surface area (Å²) in [6, 6.07) is 3.49. The van der Waals surface area contributed by atoms with Gasteiger partial charge < -0.3 is 0 Å². The van der Waals surface area contributed by atoms with Gasteiger partial charge in [0.2, 0.25) is 6.43 Å². The zero-order chi connectivity index (χ0) is 10.7. The van der Waals surface area contributed by atoms with E-state index in [1.54, 1.807) is 0 Å². The molecule has 0 atom stereocenters. The van der Waals surface area contributed by atoms with E-state index in [-0.39, 0.29) is 16.3 Å². The largest absolute Gasteiger partial charge is 0.269 e. The highest BCUT2D eigenvalue weighted by Gasteiger charge is 2.13. The molecule has 0 amide bonds. The Kier molecular flexibility index (Phi) is 3.35. The molecule has 0 fully saturated rings. The normalized spacial score (nSPS) is 10.6. The smallest absolute Gasteiger partial charge is 0.258 e. The zero-order valence-corrected chi connectivity index (χ0v) is 7.67. The van der Waals surface area contributed by atoms with Crippen molar-refractivity contribution in [3.8, 4) is 0 Å². The molecule has 0 aromatic heterocycles. The summed E-state index contributed by atoms with van der Waals surface area (Å²) in [6.07, 6.45) is -3.13. The Morgan fingerprint density at radius 1 is 1.50 bits per heavy atom. The molecule has 0 saturated carbocycles. The molecule has 1 aromatic rings. The molecular weight excluding hydrogens is 216 g/mol. The number of alkyl halides is 2. The van der Waals surface area contributed by atoms with Gasteiger partial charge in [0.1, 0.15) is 0 Å². The van der Waals surface area contributed by atoms with Crippen molar-refractivity contribution in [3.63, 3.8) is 0 Å². The summed E-state index contributed by atoms with van der Waals surface area (Å²) < 4.78 is 24.0. The maximum absolute atomic E-state index is 12.0. The van der Waals surface area contributed by atoms with E-state index in [0.717, 1.165) is 6.07 Å². The van der Waals surface area contributed by atoms with Crippen LogP contribution in [0.2, 0.25) is 5.02 Å². The number of nitro groups is 1. The Hall–Kier alpha value is -1.23. The number of hydrogen-bond acceptors (Lipinski definition) is 2. The van der Waals surface area contributed by atoms with Crippen LogP contribution in [-0.4, -0.2) is 11.3 Å². The fourth-order valence-corrected chi connectivity index (χ4v) is 1.19. The first kappa shape index (κ1) is 10.8. The quantitative estimate of drug-likeness (QED) is 0.582. The van der Waals surface area contributed by atoms with E-state index >= 15 is 0 Å². The van der Waals surface area contributed by atoms with Crippen molar-refractivity contribution in [2.24, 2.45) is 0 Å². The van der Waals surface area contributed by atoms with Crippen molar-refractivity contribution in [3.05, 3.63) is 38.9 Å². The number of hydrogen-bond donors (Lipinski definition) is 0.